The summed E-state index contributed by atoms with van der Waals surface area (Å²) in [6, 6.07) is 4.31. The van der Waals surface area contributed by atoms with Crippen molar-refractivity contribution in [2.75, 3.05) is 13.1 Å². The fourth-order valence-corrected chi connectivity index (χ4v) is 5.93. The highest BCUT2D eigenvalue weighted by molar-refractivity contribution is 7.22. The van der Waals surface area contributed by atoms with Crippen molar-refractivity contribution in [3.63, 3.8) is 0 Å². The van der Waals surface area contributed by atoms with Crippen molar-refractivity contribution in [1.82, 2.24) is 35.0 Å². The lowest BCUT2D eigenvalue weighted by Gasteiger charge is -2.18. The Kier molecular flexibility index (Phi) is 4.62. The normalized spacial score (nSPS) is 15.5. The molecule has 8 nitrogen and oxygen atoms in total. The van der Waals surface area contributed by atoms with Crippen LogP contribution in [-0.2, 0) is 0 Å². The molecule has 0 unspecified atom stereocenters. The monoisotopic (exact) mass is 447 g/mol. The summed E-state index contributed by atoms with van der Waals surface area (Å²) in [7, 11) is 0. The Bertz CT molecular complexity index is 1420. The van der Waals surface area contributed by atoms with Crippen LogP contribution in [0.4, 0.5) is 0 Å². The highest BCUT2D eigenvalue weighted by Gasteiger charge is 2.24. The Labute approximate surface area is 189 Å². The minimum atomic E-state index is 0.352. The molecule has 164 valence electrons. The van der Waals surface area contributed by atoms with Crippen molar-refractivity contribution in [1.29, 1.82) is 0 Å². The molecule has 6 heterocycles. The maximum absolute atomic E-state index is 5.67. The molecule has 5 aromatic heterocycles. The summed E-state index contributed by atoms with van der Waals surface area (Å²) in [5.41, 5.74) is 6.63. The molecule has 9 heteroatoms. The van der Waals surface area contributed by atoms with Crippen molar-refractivity contribution in [3.05, 3.63) is 41.6 Å². The molecule has 0 bridgehead atoms. The number of nitrogens with zero attached hydrogens (tertiary/aromatic N) is 5. The lowest BCUT2D eigenvalue weighted by Crippen LogP contribution is -2.27. The zero-order valence-electron chi connectivity index (χ0n) is 18.3. The summed E-state index contributed by atoms with van der Waals surface area (Å²) in [4.78, 5) is 13.8. The van der Waals surface area contributed by atoms with E-state index in [1.165, 1.54) is 10.3 Å². The van der Waals surface area contributed by atoms with Crippen LogP contribution in [0.3, 0.4) is 0 Å². The second kappa shape index (κ2) is 7.53. The Balaban J connectivity index is 1.41. The van der Waals surface area contributed by atoms with E-state index in [4.69, 9.17) is 9.51 Å². The van der Waals surface area contributed by atoms with Gasteiger partial charge in [0.2, 0.25) is 0 Å². The standard InChI is InChI=1S/C23H25N7OS/c1-12(2)18-19(15-8-13(3)22-25-11-26-30(22)10-15)27-16-9-17(32-20(16)18)23-28-21(29-31-23)14-4-6-24-7-5-14/h8-12,14,24,27H,4-7H2,1-3H3. The molecule has 1 aliphatic heterocycles. The highest BCUT2D eigenvalue weighted by atomic mass is 32.1. The fraction of sp³-hybridized carbons (Fsp3) is 0.391. The third kappa shape index (κ3) is 3.15. The van der Waals surface area contributed by atoms with E-state index in [-0.39, 0.29) is 0 Å². The molecule has 2 N–H and O–H groups in total. The van der Waals surface area contributed by atoms with E-state index in [1.54, 1.807) is 17.7 Å². The summed E-state index contributed by atoms with van der Waals surface area (Å²) in [6.45, 7) is 8.55. The number of fused-ring (bicyclic) bond motifs is 2. The van der Waals surface area contributed by atoms with E-state index in [9.17, 15) is 0 Å². The number of pyridine rings is 1. The first-order valence-corrected chi connectivity index (χ1v) is 11.9. The first-order valence-electron chi connectivity index (χ1n) is 11.1. The zero-order chi connectivity index (χ0) is 21.8. The SMILES string of the molecule is Cc1cc(-c2[nH]c3cc(-c4nc(C5CCNCC5)no4)sc3c2C(C)C)cn2ncnc12. The van der Waals surface area contributed by atoms with Crippen molar-refractivity contribution in [2.24, 2.45) is 0 Å². The number of hydrogen-bond donors (Lipinski definition) is 2. The molecule has 0 spiro atoms. The molecule has 0 aromatic carbocycles. The van der Waals surface area contributed by atoms with Gasteiger partial charge in [0.25, 0.3) is 5.89 Å². The average molecular weight is 448 g/mol. The van der Waals surface area contributed by atoms with Crippen molar-refractivity contribution in [3.8, 4) is 22.0 Å². The van der Waals surface area contributed by atoms with E-state index in [0.717, 1.165) is 64.6 Å². The van der Waals surface area contributed by atoms with Gasteiger partial charge in [0.05, 0.1) is 20.8 Å². The quantitative estimate of drug-likeness (QED) is 0.407. The molecule has 6 rings (SSSR count). The molecule has 1 saturated heterocycles. The third-order valence-corrected chi connectivity index (χ3v) is 7.44. The fourth-order valence-electron chi connectivity index (χ4n) is 4.69. The van der Waals surface area contributed by atoms with Gasteiger partial charge in [-0.25, -0.2) is 9.50 Å². The van der Waals surface area contributed by atoms with Crippen LogP contribution >= 0.6 is 11.3 Å². The van der Waals surface area contributed by atoms with Gasteiger partial charge in [-0.05, 0) is 62.0 Å². The van der Waals surface area contributed by atoms with Gasteiger partial charge in [-0.3, -0.25) is 0 Å². The number of hydrogen-bond acceptors (Lipinski definition) is 7. The van der Waals surface area contributed by atoms with Crippen LogP contribution in [0, 0.1) is 6.92 Å². The van der Waals surface area contributed by atoms with E-state index < -0.39 is 0 Å². The van der Waals surface area contributed by atoms with Gasteiger partial charge < -0.3 is 14.8 Å². The van der Waals surface area contributed by atoms with Crippen molar-refractivity contribution in [2.45, 2.75) is 45.4 Å². The number of rotatable bonds is 4. The summed E-state index contributed by atoms with van der Waals surface area (Å²) in [5.74, 6) is 2.18. The maximum atomic E-state index is 5.67. The second-order valence-corrected chi connectivity index (χ2v) is 9.90. The Morgan fingerprint density at radius 1 is 1.22 bits per heavy atom. The lowest BCUT2D eigenvalue weighted by atomic mass is 9.98. The van der Waals surface area contributed by atoms with Gasteiger partial charge in [-0.1, -0.05) is 19.0 Å². The van der Waals surface area contributed by atoms with Gasteiger partial charge in [0.1, 0.15) is 6.33 Å². The van der Waals surface area contributed by atoms with Crippen LogP contribution in [0.5, 0.6) is 0 Å². The van der Waals surface area contributed by atoms with Crippen LogP contribution in [-0.4, -0.2) is 42.8 Å². The number of piperidine rings is 1. The van der Waals surface area contributed by atoms with Gasteiger partial charge in [0.15, 0.2) is 11.5 Å². The van der Waals surface area contributed by atoms with Crippen molar-refractivity contribution >= 4 is 27.2 Å². The minimum absolute atomic E-state index is 0.352. The topological polar surface area (TPSA) is 96.9 Å². The van der Waals surface area contributed by atoms with E-state index in [0.29, 0.717) is 17.7 Å². The largest absolute Gasteiger partial charge is 0.354 e. The molecule has 0 saturated carbocycles. The van der Waals surface area contributed by atoms with Gasteiger partial charge in [0, 0.05) is 17.7 Å². The second-order valence-electron chi connectivity index (χ2n) is 8.84. The van der Waals surface area contributed by atoms with Gasteiger partial charge in [-0.2, -0.15) is 10.1 Å². The van der Waals surface area contributed by atoms with Crippen molar-refractivity contribution < 1.29 is 4.52 Å². The number of thiophene rings is 1. The Morgan fingerprint density at radius 3 is 2.88 bits per heavy atom. The van der Waals surface area contributed by atoms with Crippen LogP contribution < -0.4 is 5.32 Å². The summed E-state index contributed by atoms with van der Waals surface area (Å²) in [5, 5.41) is 12.0. The van der Waals surface area contributed by atoms with Crippen LogP contribution in [0.15, 0.2) is 29.2 Å². The minimum Gasteiger partial charge on any atom is -0.354 e. The molecule has 0 atom stereocenters. The number of aromatic nitrogens is 6. The molecule has 0 radical (unpaired) electrons. The third-order valence-electron chi connectivity index (χ3n) is 6.29. The van der Waals surface area contributed by atoms with Crippen LogP contribution in [0.1, 0.15) is 55.5 Å². The molecule has 0 amide bonds. The smallest absolute Gasteiger partial charge is 0.268 e. The number of aromatic amines is 1. The van der Waals surface area contributed by atoms with Gasteiger partial charge in [-0.15, -0.1) is 11.3 Å². The molecule has 1 aliphatic rings. The Morgan fingerprint density at radius 2 is 2.06 bits per heavy atom. The number of H-pyrrole nitrogens is 1. The summed E-state index contributed by atoms with van der Waals surface area (Å²) >= 11 is 1.72. The lowest BCUT2D eigenvalue weighted by molar-refractivity contribution is 0.392. The van der Waals surface area contributed by atoms with E-state index in [2.05, 4.69) is 58.4 Å². The predicted octanol–water partition coefficient (Wildman–Crippen LogP) is 4.89. The maximum Gasteiger partial charge on any atom is 0.268 e. The van der Waals surface area contributed by atoms with Gasteiger partial charge >= 0.3 is 0 Å². The molecule has 5 aromatic rings. The average Bonchev–Trinajstić information content (AvgIpc) is 3.55. The van der Waals surface area contributed by atoms with Crippen LogP contribution in [0.25, 0.3) is 37.9 Å². The molecule has 32 heavy (non-hydrogen) atoms. The van der Waals surface area contributed by atoms with E-state index in [1.807, 2.05) is 10.7 Å². The Hall–Kier alpha value is -3.04. The number of nitrogens with one attached hydrogen (secondary N) is 2. The molecule has 1 fully saturated rings. The summed E-state index contributed by atoms with van der Waals surface area (Å²) < 4.78 is 8.75. The van der Waals surface area contributed by atoms with Crippen LogP contribution in [0.2, 0.25) is 0 Å². The van der Waals surface area contributed by atoms with E-state index >= 15 is 0 Å². The predicted molar refractivity (Wildman–Crippen MR) is 125 cm³/mol. The first-order chi connectivity index (χ1) is 15.6. The zero-order valence-corrected chi connectivity index (χ0v) is 19.2. The molecular formula is C23H25N7OS. The number of aryl methyl sites for hydroxylation is 1. The molecule has 0 aliphatic carbocycles. The summed E-state index contributed by atoms with van der Waals surface area (Å²) in [6.07, 6.45) is 5.75. The highest BCUT2D eigenvalue weighted by Crippen LogP contribution is 2.42. The first kappa shape index (κ1) is 19.6. The molecular weight excluding hydrogens is 422 g/mol.